The maximum absolute atomic E-state index is 10.6. The summed E-state index contributed by atoms with van der Waals surface area (Å²) in [7, 11) is 0. The average Bonchev–Trinajstić information content (AvgIpc) is 2.76. The third-order valence-corrected chi connectivity index (χ3v) is 4.74. The molecule has 0 fully saturated rings. The fraction of sp³-hybridized carbons (Fsp3) is 0.0909. The molecule has 8 heteroatoms. The van der Waals surface area contributed by atoms with Crippen molar-refractivity contribution in [2.45, 2.75) is 6.42 Å². The Hall–Kier alpha value is -0.820. The van der Waals surface area contributed by atoms with Crippen molar-refractivity contribution in [3.05, 3.63) is 37.7 Å². The van der Waals surface area contributed by atoms with Crippen LogP contribution in [0.25, 0.3) is 0 Å². The Labute approximate surface area is 131 Å². The number of nitrogens with zero attached hydrogens (tertiary/aromatic N) is 1. The van der Waals surface area contributed by atoms with Crippen molar-refractivity contribution in [2.24, 2.45) is 0 Å². The Morgan fingerprint density at radius 2 is 2.16 bits per heavy atom. The van der Waals surface area contributed by atoms with Gasteiger partial charge in [0, 0.05) is 9.85 Å². The molecule has 0 amide bonds. The highest BCUT2D eigenvalue weighted by molar-refractivity contribution is 9.10. The number of nitrogens with one attached hydrogen (secondary N) is 1. The molecule has 19 heavy (non-hydrogen) atoms. The number of benzene rings is 1. The maximum Gasteiger partial charge on any atom is 0.309 e. The molecule has 0 saturated carbocycles. The largest absolute Gasteiger partial charge is 0.481 e. The van der Waals surface area contributed by atoms with Crippen molar-refractivity contribution >= 4 is 67.3 Å². The quantitative estimate of drug-likeness (QED) is 0.760. The van der Waals surface area contributed by atoms with Gasteiger partial charge in [-0.2, -0.15) is 0 Å². The summed E-state index contributed by atoms with van der Waals surface area (Å²) in [4.78, 5) is 14.7. The monoisotopic (exact) mass is 380 g/mol. The minimum absolute atomic E-state index is 0.104. The molecule has 4 nitrogen and oxygen atoms in total. The van der Waals surface area contributed by atoms with Crippen LogP contribution in [-0.2, 0) is 11.2 Å². The summed E-state index contributed by atoms with van der Waals surface area (Å²) in [6, 6.07) is 3.53. The van der Waals surface area contributed by atoms with Gasteiger partial charge in [-0.3, -0.25) is 4.79 Å². The van der Waals surface area contributed by atoms with E-state index in [1.807, 2.05) is 0 Å². The summed E-state index contributed by atoms with van der Waals surface area (Å²) in [6.45, 7) is 0. The van der Waals surface area contributed by atoms with Gasteiger partial charge in [-0.05, 0) is 28.1 Å². The van der Waals surface area contributed by atoms with Crippen molar-refractivity contribution in [1.82, 2.24) is 4.98 Å². The zero-order chi connectivity index (χ0) is 14.0. The van der Waals surface area contributed by atoms with Crippen LogP contribution in [0.4, 0.5) is 10.8 Å². The number of aromatic nitrogens is 1. The van der Waals surface area contributed by atoms with Gasteiger partial charge in [-0.15, -0.1) is 11.3 Å². The second-order valence-electron chi connectivity index (χ2n) is 3.56. The number of halogens is 3. The molecule has 0 saturated heterocycles. The lowest BCUT2D eigenvalue weighted by Crippen LogP contribution is -2.00. The SMILES string of the molecule is O=C(O)Cc1csc(Nc2ccc(Br)c(Cl)c2Cl)n1. The minimum atomic E-state index is -0.915. The van der Waals surface area contributed by atoms with Crippen LogP contribution in [0.1, 0.15) is 5.69 Å². The number of anilines is 2. The van der Waals surface area contributed by atoms with Gasteiger partial charge in [0.2, 0.25) is 0 Å². The van der Waals surface area contributed by atoms with Crippen molar-refractivity contribution in [3.63, 3.8) is 0 Å². The molecular formula is C11H7BrCl2N2O2S. The van der Waals surface area contributed by atoms with Crippen LogP contribution in [0.2, 0.25) is 10.0 Å². The number of hydrogen-bond acceptors (Lipinski definition) is 4. The molecule has 1 aromatic carbocycles. The smallest absolute Gasteiger partial charge is 0.309 e. The van der Waals surface area contributed by atoms with Gasteiger partial charge in [0.05, 0.1) is 27.8 Å². The predicted molar refractivity (Wildman–Crippen MR) is 80.9 cm³/mol. The lowest BCUT2D eigenvalue weighted by molar-refractivity contribution is -0.136. The van der Waals surface area contributed by atoms with Crippen LogP contribution >= 0.6 is 50.5 Å². The Bertz CT molecular complexity index is 633. The number of aliphatic carboxylic acids is 1. The van der Waals surface area contributed by atoms with Gasteiger partial charge in [0.15, 0.2) is 5.13 Å². The maximum atomic E-state index is 10.6. The van der Waals surface area contributed by atoms with E-state index >= 15 is 0 Å². The van der Waals surface area contributed by atoms with E-state index in [1.54, 1.807) is 17.5 Å². The summed E-state index contributed by atoms with van der Waals surface area (Å²) in [6.07, 6.45) is -0.104. The first-order chi connectivity index (χ1) is 8.97. The number of rotatable bonds is 4. The summed E-state index contributed by atoms with van der Waals surface area (Å²) in [5.41, 5.74) is 1.12. The van der Waals surface area contributed by atoms with E-state index in [1.165, 1.54) is 11.3 Å². The first-order valence-corrected chi connectivity index (χ1v) is 7.47. The lowest BCUT2D eigenvalue weighted by atomic mass is 10.3. The highest BCUT2D eigenvalue weighted by Crippen LogP contribution is 2.37. The molecule has 100 valence electrons. The van der Waals surface area contributed by atoms with E-state index < -0.39 is 5.97 Å². The van der Waals surface area contributed by atoms with Crippen molar-refractivity contribution in [3.8, 4) is 0 Å². The number of carboxylic acid groups (broad SMARTS) is 1. The Kier molecular flexibility index (Phi) is 4.67. The molecule has 2 aromatic rings. The van der Waals surface area contributed by atoms with E-state index in [9.17, 15) is 4.79 Å². The molecule has 0 radical (unpaired) electrons. The molecule has 0 aliphatic rings. The van der Waals surface area contributed by atoms with E-state index in [4.69, 9.17) is 28.3 Å². The normalized spacial score (nSPS) is 10.5. The van der Waals surface area contributed by atoms with E-state index in [2.05, 4.69) is 26.2 Å². The molecule has 0 bridgehead atoms. The van der Waals surface area contributed by atoms with Crippen LogP contribution in [0, 0.1) is 0 Å². The van der Waals surface area contributed by atoms with Crippen LogP contribution in [-0.4, -0.2) is 16.1 Å². The van der Waals surface area contributed by atoms with E-state index in [0.717, 1.165) is 0 Å². The lowest BCUT2D eigenvalue weighted by Gasteiger charge is -2.07. The molecule has 0 atom stereocenters. The number of hydrogen-bond donors (Lipinski definition) is 2. The van der Waals surface area contributed by atoms with E-state index in [-0.39, 0.29) is 6.42 Å². The second kappa shape index (κ2) is 6.09. The third kappa shape index (κ3) is 3.60. The van der Waals surface area contributed by atoms with E-state index in [0.29, 0.717) is 31.0 Å². The van der Waals surface area contributed by atoms with Gasteiger partial charge in [0.1, 0.15) is 0 Å². The van der Waals surface area contributed by atoms with Crippen molar-refractivity contribution in [1.29, 1.82) is 0 Å². The summed E-state index contributed by atoms with van der Waals surface area (Å²) < 4.78 is 0.704. The van der Waals surface area contributed by atoms with Gasteiger partial charge < -0.3 is 10.4 Å². The zero-order valence-electron chi connectivity index (χ0n) is 9.28. The summed E-state index contributed by atoms with van der Waals surface area (Å²) in [5.74, 6) is -0.915. The average molecular weight is 382 g/mol. The van der Waals surface area contributed by atoms with Crippen LogP contribution in [0.5, 0.6) is 0 Å². The van der Waals surface area contributed by atoms with Crippen LogP contribution in [0.3, 0.4) is 0 Å². The Morgan fingerprint density at radius 3 is 2.84 bits per heavy atom. The molecule has 1 aromatic heterocycles. The number of carbonyl (C=O) groups is 1. The van der Waals surface area contributed by atoms with Crippen molar-refractivity contribution < 1.29 is 9.90 Å². The topological polar surface area (TPSA) is 62.2 Å². The zero-order valence-corrected chi connectivity index (χ0v) is 13.2. The van der Waals surface area contributed by atoms with Gasteiger partial charge >= 0.3 is 5.97 Å². The third-order valence-electron chi connectivity index (χ3n) is 2.16. The van der Waals surface area contributed by atoms with Gasteiger partial charge in [-0.1, -0.05) is 23.2 Å². The van der Waals surface area contributed by atoms with Crippen LogP contribution < -0.4 is 5.32 Å². The summed E-state index contributed by atoms with van der Waals surface area (Å²) in [5, 5.41) is 14.7. The first-order valence-electron chi connectivity index (χ1n) is 5.04. The fourth-order valence-electron chi connectivity index (χ4n) is 1.34. The summed E-state index contributed by atoms with van der Waals surface area (Å²) >= 11 is 16.7. The Balaban J connectivity index is 2.19. The highest BCUT2D eigenvalue weighted by Gasteiger charge is 2.11. The molecule has 0 unspecified atom stereocenters. The molecular weight excluding hydrogens is 375 g/mol. The molecule has 1 heterocycles. The second-order valence-corrected chi connectivity index (χ2v) is 6.03. The molecule has 2 rings (SSSR count). The Morgan fingerprint density at radius 1 is 1.42 bits per heavy atom. The standard InChI is InChI=1S/C11H7BrCl2N2O2S/c12-6-1-2-7(10(14)9(6)13)16-11-15-5(4-19-11)3-8(17)18/h1-2,4H,3H2,(H,15,16)(H,17,18). The molecule has 2 N–H and O–H groups in total. The minimum Gasteiger partial charge on any atom is -0.481 e. The molecule has 0 spiro atoms. The van der Waals surface area contributed by atoms with Gasteiger partial charge in [-0.25, -0.2) is 4.98 Å². The number of carboxylic acids is 1. The molecule has 0 aliphatic heterocycles. The van der Waals surface area contributed by atoms with Crippen molar-refractivity contribution in [2.75, 3.05) is 5.32 Å². The van der Waals surface area contributed by atoms with Crippen LogP contribution in [0.15, 0.2) is 22.0 Å². The highest BCUT2D eigenvalue weighted by atomic mass is 79.9. The first kappa shape index (κ1) is 14.6. The number of thiazole rings is 1. The predicted octanol–water partition coefficient (Wildman–Crippen LogP) is 4.58. The molecule has 0 aliphatic carbocycles. The van der Waals surface area contributed by atoms with Gasteiger partial charge in [0.25, 0.3) is 0 Å². The fourth-order valence-corrected chi connectivity index (χ4v) is 2.88.